The van der Waals surface area contributed by atoms with Gasteiger partial charge in [-0.15, -0.1) is 0 Å². The highest BCUT2D eigenvalue weighted by molar-refractivity contribution is 6.42. The van der Waals surface area contributed by atoms with Crippen molar-refractivity contribution >= 4 is 51.3 Å². The minimum atomic E-state index is -0.283. The number of carbonyl (C=O) groups is 1. The molecule has 0 atom stereocenters. The fraction of sp³-hybridized carbons (Fsp3) is 0.115. The number of hydrogen-bond acceptors (Lipinski definition) is 3. The lowest BCUT2D eigenvalue weighted by Crippen LogP contribution is -2.08. The van der Waals surface area contributed by atoms with Crippen LogP contribution in [0.2, 0.25) is 10.0 Å². The maximum atomic E-state index is 12.6. The molecule has 0 aliphatic carbocycles. The summed E-state index contributed by atoms with van der Waals surface area (Å²) in [6.45, 7) is 3.92. The fourth-order valence-corrected chi connectivity index (χ4v) is 3.81. The first kappa shape index (κ1) is 22.0. The number of allylic oxidation sites excluding steroid dienone is 1. The molecular weight excluding hydrogens is 445 g/mol. The van der Waals surface area contributed by atoms with E-state index in [1.165, 1.54) is 11.6 Å². The molecule has 6 heteroatoms. The molecule has 32 heavy (non-hydrogen) atoms. The smallest absolute Gasteiger partial charge is 0.248 e. The van der Waals surface area contributed by atoms with Gasteiger partial charge in [-0.05, 0) is 49.2 Å². The Balaban J connectivity index is 1.69. The number of methoxy groups -OCH3 is 1. The number of ether oxygens (including phenoxy) is 1. The Morgan fingerprint density at radius 1 is 1.03 bits per heavy atom. The molecule has 0 aliphatic rings. The van der Waals surface area contributed by atoms with Gasteiger partial charge in [-0.2, -0.15) is 0 Å². The maximum Gasteiger partial charge on any atom is 0.248 e. The normalized spacial score (nSPS) is 11.6. The largest absolute Gasteiger partial charge is 0.496 e. The molecule has 0 saturated carbocycles. The number of fused-ring (bicyclic) bond motifs is 1. The zero-order chi connectivity index (χ0) is 22.8. The van der Waals surface area contributed by atoms with E-state index in [-0.39, 0.29) is 5.91 Å². The number of amides is 1. The summed E-state index contributed by atoms with van der Waals surface area (Å²) in [5, 5.41) is 4.56. The van der Waals surface area contributed by atoms with Crippen LogP contribution in [0.3, 0.4) is 0 Å². The first-order valence-corrected chi connectivity index (χ1v) is 10.7. The molecule has 0 spiro atoms. The van der Waals surface area contributed by atoms with Gasteiger partial charge in [-0.3, -0.25) is 4.79 Å². The van der Waals surface area contributed by atoms with Crippen LogP contribution in [0, 0.1) is 6.92 Å². The molecule has 0 saturated heterocycles. The van der Waals surface area contributed by atoms with Crippen LogP contribution >= 0.6 is 23.2 Å². The minimum absolute atomic E-state index is 0.283. The van der Waals surface area contributed by atoms with Gasteiger partial charge in [0.25, 0.3) is 0 Å². The van der Waals surface area contributed by atoms with E-state index in [0.29, 0.717) is 27.1 Å². The molecule has 0 bridgehead atoms. The van der Waals surface area contributed by atoms with Crippen molar-refractivity contribution in [2.75, 3.05) is 12.4 Å². The number of carbonyl (C=O) groups excluding carboxylic acids is 1. The van der Waals surface area contributed by atoms with Gasteiger partial charge in [0.05, 0.1) is 23.4 Å². The van der Waals surface area contributed by atoms with Gasteiger partial charge in [0, 0.05) is 34.3 Å². The van der Waals surface area contributed by atoms with E-state index in [9.17, 15) is 4.79 Å². The van der Waals surface area contributed by atoms with E-state index < -0.39 is 0 Å². The summed E-state index contributed by atoms with van der Waals surface area (Å²) in [5.41, 5.74) is 6.06. The van der Waals surface area contributed by atoms with Gasteiger partial charge in [0.1, 0.15) is 11.3 Å². The standard InChI is InChI=1S/C26H21Cl2NO3/c1-15-4-6-17(7-5-15)21-14-32-25-13-24(31-3)19(12-20(21)25)16(2)10-26(30)29-18-8-9-22(27)23(28)11-18/h4-14H,1-3H3,(H,29,30)/b16-10+. The van der Waals surface area contributed by atoms with Crippen molar-refractivity contribution in [2.45, 2.75) is 13.8 Å². The average Bonchev–Trinajstić information content (AvgIpc) is 3.18. The van der Waals surface area contributed by atoms with Crippen LogP contribution in [0.1, 0.15) is 18.1 Å². The lowest BCUT2D eigenvalue weighted by molar-refractivity contribution is -0.111. The molecule has 0 unspecified atom stereocenters. The Hall–Kier alpha value is -3.21. The zero-order valence-electron chi connectivity index (χ0n) is 17.8. The highest BCUT2D eigenvalue weighted by Crippen LogP contribution is 2.37. The third-order valence-corrected chi connectivity index (χ3v) is 5.96. The zero-order valence-corrected chi connectivity index (χ0v) is 19.3. The van der Waals surface area contributed by atoms with Crippen molar-refractivity contribution < 1.29 is 13.9 Å². The van der Waals surface area contributed by atoms with E-state index in [0.717, 1.165) is 27.6 Å². The summed E-state index contributed by atoms with van der Waals surface area (Å²) in [6, 6.07) is 17.0. The third kappa shape index (κ3) is 4.52. The van der Waals surface area contributed by atoms with Crippen molar-refractivity contribution in [1.82, 2.24) is 0 Å². The van der Waals surface area contributed by atoms with E-state index in [1.807, 2.05) is 19.1 Å². The molecule has 1 aromatic heterocycles. The fourth-order valence-electron chi connectivity index (χ4n) is 3.52. The molecule has 4 aromatic rings. The summed E-state index contributed by atoms with van der Waals surface area (Å²) in [6.07, 6.45) is 3.27. The van der Waals surface area contributed by atoms with E-state index in [2.05, 4.69) is 36.5 Å². The Labute approximate surface area is 196 Å². The molecule has 3 aromatic carbocycles. The van der Waals surface area contributed by atoms with Crippen molar-refractivity contribution in [3.63, 3.8) is 0 Å². The molecule has 1 amide bonds. The average molecular weight is 466 g/mol. The number of anilines is 1. The van der Waals surface area contributed by atoms with Crippen LogP contribution in [0.25, 0.3) is 27.7 Å². The number of hydrogen-bond donors (Lipinski definition) is 1. The van der Waals surface area contributed by atoms with Gasteiger partial charge in [-0.1, -0.05) is 53.0 Å². The quantitative estimate of drug-likeness (QED) is 0.306. The van der Waals surface area contributed by atoms with Crippen molar-refractivity contribution in [2.24, 2.45) is 0 Å². The predicted molar refractivity (Wildman–Crippen MR) is 132 cm³/mol. The molecule has 0 aliphatic heterocycles. The van der Waals surface area contributed by atoms with E-state index in [1.54, 1.807) is 31.6 Å². The SMILES string of the molecule is COc1cc2occ(-c3ccc(C)cc3)c2cc1/C(C)=C/C(=O)Nc1ccc(Cl)c(Cl)c1. The summed E-state index contributed by atoms with van der Waals surface area (Å²) in [5.74, 6) is 0.340. The molecule has 0 fully saturated rings. The number of furan rings is 1. The van der Waals surface area contributed by atoms with Gasteiger partial charge in [0.15, 0.2) is 0 Å². The molecular formula is C26H21Cl2NO3. The number of benzene rings is 3. The third-order valence-electron chi connectivity index (χ3n) is 5.22. The summed E-state index contributed by atoms with van der Waals surface area (Å²) < 4.78 is 11.4. The van der Waals surface area contributed by atoms with E-state index in [4.69, 9.17) is 32.4 Å². The van der Waals surface area contributed by atoms with Crippen LogP contribution in [0.5, 0.6) is 5.75 Å². The molecule has 4 nitrogen and oxygen atoms in total. The lowest BCUT2D eigenvalue weighted by atomic mass is 9.99. The summed E-state index contributed by atoms with van der Waals surface area (Å²) in [4.78, 5) is 12.6. The first-order valence-electron chi connectivity index (χ1n) is 9.96. The molecule has 1 N–H and O–H groups in total. The Kier molecular flexibility index (Phi) is 6.26. The Morgan fingerprint density at radius 3 is 2.47 bits per heavy atom. The molecule has 4 rings (SSSR count). The number of rotatable bonds is 5. The summed E-state index contributed by atoms with van der Waals surface area (Å²) >= 11 is 12.0. The van der Waals surface area contributed by atoms with Crippen molar-refractivity contribution in [1.29, 1.82) is 0 Å². The van der Waals surface area contributed by atoms with Crippen LogP contribution in [0.4, 0.5) is 5.69 Å². The molecule has 0 radical (unpaired) electrons. The second-order valence-corrected chi connectivity index (χ2v) is 8.32. The number of nitrogens with one attached hydrogen (secondary N) is 1. The van der Waals surface area contributed by atoms with E-state index >= 15 is 0 Å². The Bertz CT molecular complexity index is 1340. The number of halogens is 2. The molecule has 162 valence electrons. The topological polar surface area (TPSA) is 51.5 Å². The Morgan fingerprint density at radius 2 is 1.78 bits per heavy atom. The van der Waals surface area contributed by atoms with Crippen LogP contribution in [-0.4, -0.2) is 13.0 Å². The monoisotopic (exact) mass is 465 g/mol. The van der Waals surface area contributed by atoms with Gasteiger partial charge < -0.3 is 14.5 Å². The van der Waals surface area contributed by atoms with Crippen LogP contribution < -0.4 is 10.1 Å². The van der Waals surface area contributed by atoms with Gasteiger partial charge >= 0.3 is 0 Å². The maximum absolute atomic E-state index is 12.6. The minimum Gasteiger partial charge on any atom is -0.496 e. The number of aryl methyl sites for hydroxylation is 1. The highest BCUT2D eigenvalue weighted by atomic mass is 35.5. The second-order valence-electron chi connectivity index (χ2n) is 7.51. The molecule has 1 heterocycles. The van der Waals surface area contributed by atoms with Gasteiger partial charge in [0.2, 0.25) is 5.91 Å². The van der Waals surface area contributed by atoms with Crippen molar-refractivity contribution in [3.8, 4) is 16.9 Å². The first-order chi connectivity index (χ1) is 15.4. The van der Waals surface area contributed by atoms with Crippen LogP contribution in [0.15, 0.2) is 71.4 Å². The van der Waals surface area contributed by atoms with Crippen molar-refractivity contribution in [3.05, 3.63) is 88.1 Å². The van der Waals surface area contributed by atoms with Gasteiger partial charge in [-0.25, -0.2) is 0 Å². The second kappa shape index (κ2) is 9.11. The lowest BCUT2D eigenvalue weighted by Gasteiger charge is -2.10. The summed E-state index contributed by atoms with van der Waals surface area (Å²) in [7, 11) is 1.59. The van der Waals surface area contributed by atoms with Crippen LogP contribution in [-0.2, 0) is 4.79 Å². The predicted octanol–water partition coefficient (Wildman–Crippen LogP) is 7.77. The highest BCUT2D eigenvalue weighted by Gasteiger charge is 2.15.